The molecule has 7 heteroatoms. The molecule has 2 N–H and O–H groups in total. The third kappa shape index (κ3) is 3.16. The van der Waals surface area contributed by atoms with Gasteiger partial charge in [0.25, 0.3) is 5.91 Å². The lowest BCUT2D eigenvalue weighted by Gasteiger charge is -2.13. The smallest absolute Gasteiger partial charge is 0.261 e. The molecule has 0 aliphatic carbocycles. The summed E-state index contributed by atoms with van der Waals surface area (Å²) in [6.45, 7) is 0. The molecule has 0 unspecified atom stereocenters. The summed E-state index contributed by atoms with van der Waals surface area (Å²) >= 11 is 6.05. The van der Waals surface area contributed by atoms with Crippen LogP contribution in [0.1, 0.15) is 10.4 Å². The minimum absolute atomic E-state index is 0.00494. The van der Waals surface area contributed by atoms with Crippen molar-refractivity contribution in [3.05, 3.63) is 63.4 Å². The highest BCUT2D eigenvalue weighted by Gasteiger charge is 2.17. The van der Waals surface area contributed by atoms with Gasteiger partial charge in [-0.1, -0.05) is 23.7 Å². The van der Waals surface area contributed by atoms with E-state index in [0.29, 0.717) is 33.1 Å². The van der Waals surface area contributed by atoms with Gasteiger partial charge in [-0.05, 0) is 12.1 Å². The number of amides is 1. The van der Waals surface area contributed by atoms with E-state index in [1.165, 1.54) is 32.5 Å². The van der Waals surface area contributed by atoms with Crippen molar-refractivity contribution >= 4 is 34.1 Å². The van der Waals surface area contributed by atoms with Gasteiger partial charge in [-0.3, -0.25) is 9.59 Å². The van der Waals surface area contributed by atoms with Crippen LogP contribution in [0.2, 0.25) is 5.02 Å². The lowest BCUT2D eigenvalue weighted by molar-refractivity contribution is 0.102. The van der Waals surface area contributed by atoms with E-state index in [2.05, 4.69) is 10.3 Å². The maximum Gasteiger partial charge on any atom is 0.261 e. The Morgan fingerprint density at radius 2 is 1.84 bits per heavy atom. The number of para-hydroxylation sites is 1. The lowest BCUT2D eigenvalue weighted by atomic mass is 10.1. The number of ether oxygens (including phenoxy) is 2. The Kier molecular flexibility index (Phi) is 4.63. The maximum atomic E-state index is 12.6. The average molecular weight is 359 g/mol. The van der Waals surface area contributed by atoms with E-state index in [1.54, 1.807) is 18.2 Å². The van der Waals surface area contributed by atoms with Crippen molar-refractivity contribution in [1.29, 1.82) is 0 Å². The van der Waals surface area contributed by atoms with Crippen LogP contribution in [0, 0.1) is 0 Å². The summed E-state index contributed by atoms with van der Waals surface area (Å²) in [5.74, 6) is 0.177. The van der Waals surface area contributed by atoms with E-state index < -0.39 is 5.91 Å². The highest BCUT2D eigenvalue weighted by molar-refractivity contribution is 6.32. The standard InChI is InChI=1S/C18H15ClN2O4/c1-24-15-8-14(16(25-2)7-12(15)19)21-18(23)11-9-20-13-6-4-3-5-10(13)17(11)22/h3-9H,1-2H3,(H,20,22)(H,21,23). The van der Waals surface area contributed by atoms with Gasteiger partial charge in [0.05, 0.1) is 24.9 Å². The van der Waals surface area contributed by atoms with Gasteiger partial charge in [0.1, 0.15) is 17.1 Å². The molecular weight excluding hydrogens is 344 g/mol. The molecule has 3 aromatic rings. The number of fused-ring (bicyclic) bond motifs is 1. The molecule has 0 bridgehead atoms. The first-order valence-corrected chi connectivity index (χ1v) is 7.76. The van der Waals surface area contributed by atoms with E-state index in [4.69, 9.17) is 21.1 Å². The fourth-order valence-electron chi connectivity index (χ4n) is 2.48. The molecule has 0 spiro atoms. The second kappa shape index (κ2) is 6.86. The molecule has 1 amide bonds. The van der Waals surface area contributed by atoms with Crippen molar-refractivity contribution in [3.63, 3.8) is 0 Å². The average Bonchev–Trinajstić information content (AvgIpc) is 2.63. The molecule has 0 aliphatic rings. The first kappa shape index (κ1) is 16.9. The Balaban J connectivity index is 2.01. The largest absolute Gasteiger partial charge is 0.495 e. The zero-order valence-corrected chi connectivity index (χ0v) is 14.3. The quantitative estimate of drug-likeness (QED) is 0.748. The topological polar surface area (TPSA) is 80.4 Å². The van der Waals surface area contributed by atoms with Gasteiger partial charge in [0, 0.05) is 29.2 Å². The summed E-state index contributed by atoms with van der Waals surface area (Å²) < 4.78 is 10.4. The number of aromatic nitrogens is 1. The summed E-state index contributed by atoms with van der Waals surface area (Å²) in [4.78, 5) is 28.1. The van der Waals surface area contributed by atoms with Gasteiger partial charge in [0.2, 0.25) is 5.43 Å². The molecule has 0 aliphatic heterocycles. The Labute approximate surface area is 148 Å². The van der Waals surface area contributed by atoms with Crippen molar-refractivity contribution in [2.24, 2.45) is 0 Å². The van der Waals surface area contributed by atoms with Crippen molar-refractivity contribution in [1.82, 2.24) is 4.98 Å². The van der Waals surface area contributed by atoms with Crippen LogP contribution < -0.4 is 20.2 Å². The summed E-state index contributed by atoms with van der Waals surface area (Å²) in [6, 6.07) is 10.0. The number of hydrogen-bond acceptors (Lipinski definition) is 4. The van der Waals surface area contributed by atoms with Gasteiger partial charge in [-0.2, -0.15) is 0 Å². The molecule has 0 radical (unpaired) electrons. The summed E-state index contributed by atoms with van der Waals surface area (Å²) in [5.41, 5.74) is 0.650. The number of methoxy groups -OCH3 is 2. The Morgan fingerprint density at radius 3 is 2.56 bits per heavy atom. The fourth-order valence-corrected chi connectivity index (χ4v) is 2.71. The first-order chi connectivity index (χ1) is 12.0. The van der Waals surface area contributed by atoms with Gasteiger partial charge in [-0.25, -0.2) is 0 Å². The minimum Gasteiger partial charge on any atom is -0.495 e. The number of H-pyrrole nitrogens is 1. The molecule has 25 heavy (non-hydrogen) atoms. The van der Waals surface area contributed by atoms with Crippen LogP contribution in [-0.2, 0) is 0 Å². The number of benzene rings is 2. The van der Waals surface area contributed by atoms with Crippen LogP contribution in [0.4, 0.5) is 5.69 Å². The number of rotatable bonds is 4. The zero-order chi connectivity index (χ0) is 18.0. The number of carbonyl (C=O) groups is 1. The van der Waals surface area contributed by atoms with Crippen molar-refractivity contribution in [3.8, 4) is 11.5 Å². The van der Waals surface area contributed by atoms with Gasteiger partial charge >= 0.3 is 0 Å². The van der Waals surface area contributed by atoms with Crippen molar-refractivity contribution in [2.75, 3.05) is 19.5 Å². The molecule has 0 fully saturated rings. The highest BCUT2D eigenvalue weighted by Crippen LogP contribution is 2.36. The molecule has 6 nitrogen and oxygen atoms in total. The van der Waals surface area contributed by atoms with Gasteiger partial charge < -0.3 is 19.8 Å². The number of pyridine rings is 1. The number of carbonyl (C=O) groups excluding carboxylic acids is 1. The predicted molar refractivity (Wildman–Crippen MR) is 97.1 cm³/mol. The number of anilines is 1. The number of aromatic amines is 1. The molecule has 128 valence electrons. The van der Waals surface area contributed by atoms with Crippen LogP contribution in [0.3, 0.4) is 0 Å². The first-order valence-electron chi connectivity index (χ1n) is 7.38. The highest BCUT2D eigenvalue weighted by atomic mass is 35.5. The third-order valence-corrected chi connectivity index (χ3v) is 4.05. The maximum absolute atomic E-state index is 12.6. The SMILES string of the molecule is COc1cc(NC(=O)c2c[nH]c3ccccc3c2=O)c(OC)cc1Cl. The van der Waals surface area contributed by atoms with Gasteiger partial charge in [-0.15, -0.1) is 0 Å². The van der Waals surface area contributed by atoms with Crippen molar-refractivity contribution < 1.29 is 14.3 Å². The number of nitrogens with one attached hydrogen (secondary N) is 2. The Morgan fingerprint density at radius 1 is 1.12 bits per heavy atom. The molecular formula is C18H15ClN2O4. The molecule has 0 saturated heterocycles. The van der Waals surface area contributed by atoms with E-state index in [0.717, 1.165) is 0 Å². The summed E-state index contributed by atoms with van der Waals surface area (Å²) in [5, 5.41) is 3.45. The van der Waals surface area contributed by atoms with Crippen LogP contribution in [0.15, 0.2) is 47.4 Å². The van der Waals surface area contributed by atoms with Crippen LogP contribution in [0.25, 0.3) is 10.9 Å². The summed E-state index contributed by atoms with van der Waals surface area (Å²) in [6.07, 6.45) is 1.39. The van der Waals surface area contributed by atoms with E-state index in [-0.39, 0.29) is 11.0 Å². The molecule has 1 aromatic heterocycles. The molecule has 1 heterocycles. The Hall–Kier alpha value is -2.99. The second-order valence-electron chi connectivity index (χ2n) is 5.22. The Bertz CT molecular complexity index is 1010. The monoisotopic (exact) mass is 358 g/mol. The predicted octanol–water partition coefficient (Wildman–Crippen LogP) is 3.45. The number of hydrogen-bond donors (Lipinski definition) is 2. The normalized spacial score (nSPS) is 10.5. The van der Waals surface area contributed by atoms with E-state index in [9.17, 15) is 9.59 Å². The molecule has 3 rings (SSSR count). The van der Waals surface area contributed by atoms with Crippen LogP contribution >= 0.6 is 11.6 Å². The fraction of sp³-hybridized carbons (Fsp3) is 0.111. The van der Waals surface area contributed by atoms with E-state index in [1.807, 2.05) is 6.07 Å². The molecule has 0 atom stereocenters. The summed E-state index contributed by atoms with van der Waals surface area (Å²) in [7, 11) is 2.92. The van der Waals surface area contributed by atoms with E-state index >= 15 is 0 Å². The zero-order valence-electron chi connectivity index (χ0n) is 13.6. The van der Waals surface area contributed by atoms with Gasteiger partial charge in [0.15, 0.2) is 0 Å². The third-order valence-electron chi connectivity index (χ3n) is 3.76. The number of halogens is 1. The lowest BCUT2D eigenvalue weighted by Crippen LogP contribution is -2.22. The second-order valence-corrected chi connectivity index (χ2v) is 5.63. The van der Waals surface area contributed by atoms with Crippen LogP contribution in [-0.4, -0.2) is 25.1 Å². The van der Waals surface area contributed by atoms with Crippen molar-refractivity contribution in [2.45, 2.75) is 0 Å². The molecule has 2 aromatic carbocycles. The molecule has 0 saturated carbocycles. The minimum atomic E-state index is -0.560. The van der Waals surface area contributed by atoms with Crippen LogP contribution in [0.5, 0.6) is 11.5 Å².